The molecule has 4 atom stereocenters. The Hall–Kier alpha value is -4.55. The summed E-state index contributed by atoms with van der Waals surface area (Å²) in [7, 11) is 6.77. The minimum Gasteiger partial charge on any atom is -0.508 e. The Balaban J connectivity index is 1.63. The molecule has 0 aromatic heterocycles. The molecule has 2 aromatic rings. The lowest BCUT2D eigenvalue weighted by molar-refractivity contribution is -0.153. The fourth-order valence-electron chi connectivity index (χ4n) is 7.10. The van der Waals surface area contributed by atoms with Crippen LogP contribution in [0.4, 0.5) is 11.4 Å². The number of aromatic hydroxyl groups is 1. The zero-order chi connectivity index (χ0) is 34.0. The van der Waals surface area contributed by atoms with Crippen molar-refractivity contribution in [3.63, 3.8) is 0 Å². The van der Waals surface area contributed by atoms with Crippen LogP contribution in [0.5, 0.6) is 11.5 Å². The number of primary amides is 1. The van der Waals surface area contributed by atoms with E-state index < -0.39 is 63.6 Å². The molecule has 246 valence electrons. The van der Waals surface area contributed by atoms with Gasteiger partial charge in [0.25, 0.3) is 5.91 Å². The number of benzene rings is 2. The molecule has 0 bridgehead atoms. The Morgan fingerprint density at radius 2 is 1.76 bits per heavy atom. The van der Waals surface area contributed by atoms with Gasteiger partial charge in [-0.1, -0.05) is 18.2 Å². The first-order valence-electron chi connectivity index (χ1n) is 15.1. The summed E-state index contributed by atoms with van der Waals surface area (Å²) >= 11 is 0. The molecular weight excluding hydrogens is 592 g/mol. The number of amides is 1. The minimum atomic E-state index is -2.70. The molecule has 0 spiro atoms. The van der Waals surface area contributed by atoms with Crippen molar-refractivity contribution in [1.29, 1.82) is 0 Å². The van der Waals surface area contributed by atoms with Crippen molar-refractivity contribution in [2.24, 2.45) is 17.6 Å². The Bertz CT molecular complexity index is 1700. The molecule has 2 aromatic carbocycles. The number of ether oxygens (including phenoxy) is 1. The van der Waals surface area contributed by atoms with Crippen molar-refractivity contribution in [1.82, 2.24) is 4.90 Å². The third kappa shape index (κ3) is 5.15. The van der Waals surface area contributed by atoms with Gasteiger partial charge in [-0.15, -0.1) is 0 Å². The number of nitrogens with two attached hydrogens (primary N) is 1. The van der Waals surface area contributed by atoms with E-state index in [0.29, 0.717) is 17.0 Å². The highest BCUT2D eigenvalue weighted by molar-refractivity contribution is 6.24. The largest absolute Gasteiger partial charge is 0.508 e. The average molecular weight is 635 g/mol. The number of aliphatic hydroxyl groups excluding tert-OH is 2. The predicted octanol–water partition coefficient (Wildman–Crippen LogP) is 2.82. The highest BCUT2D eigenvalue weighted by Gasteiger charge is 2.64. The number of para-hydroxylation sites is 1. The van der Waals surface area contributed by atoms with Crippen molar-refractivity contribution in [2.75, 3.05) is 38.4 Å². The van der Waals surface area contributed by atoms with Crippen molar-refractivity contribution < 1.29 is 39.5 Å². The minimum absolute atomic E-state index is 0.0178. The lowest BCUT2D eigenvalue weighted by atomic mass is 9.57. The number of hydrogen-bond acceptors (Lipinski definition) is 11. The van der Waals surface area contributed by atoms with Crippen LogP contribution in [0.1, 0.15) is 43.9 Å². The fraction of sp³-hybridized carbons (Fsp3) is 0.441. The van der Waals surface area contributed by atoms with Crippen LogP contribution in [-0.4, -0.2) is 88.2 Å². The van der Waals surface area contributed by atoms with Gasteiger partial charge in [0.05, 0.1) is 17.3 Å². The van der Waals surface area contributed by atoms with E-state index in [-0.39, 0.29) is 42.0 Å². The molecule has 12 nitrogen and oxygen atoms in total. The quantitative estimate of drug-likeness (QED) is 0.194. The summed E-state index contributed by atoms with van der Waals surface area (Å²) in [6.07, 6.45) is 0.210. The molecule has 0 radical (unpaired) electrons. The second-order valence-corrected chi connectivity index (χ2v) is 13.7. The number of nitrogens with one attached hydrogen (secondary N) is 1. The van der Waals surface area contributed by atoms with Gasteiger partial charge >= 0.3 is 0 Å². The number of ketones is 2. The smallest absolute Gasteiger partial charge is 0.255 e. The summed E-state index contributed by atoms with van der Waals surface area (Å²) in [4.78, 5) is 43.1. The molecule has 3 aliphatic carbocycles. The Morgan fingerprint density at radius 1 is 1.11 bits per heavy atom. The monoisotopic (exact) mass is 634 g/mol. The average Bonchev–Trinajstić information content (AvgIpc) is 2.94. The number of phenols is 1. The van der Waals surface area contributed by atoms with Crippen molar-refractivity contribution >= 4 is 34.6 Å². The molecule has 0 aliphatic heterocycles. The zero-order valence-electron chi connectivity index (χ0n) is 27.1. The molecule has 3 aliphatic rings. The number of Topliss-reactive ketones (excluding diaryl/α,β-unsaturated/α-hetero) is 2. The zero-order valence-corrected chi connectivity index (χ0v) is 27.1. The van der Waals surface area contributed by atoms with Crippen LogP contribution in [0, 0.1) is 11.8 Å². The summed E-state index contributed by atoms with van der Waals surface area (Å²) in [6, 6.07) is 8.12. The van der Waals surface area contributed by atoms with Crippen LogP contribution in [0.15, 0.2) is 47.2 Å². The highest BCUT2D eigenvalue weighted by atomic mass is 16.5. The fourth-order valence-corrected chi connectivity index (χ4v) is 7.10. The van der Waals surface area contributed by atoms with Crippen molar-refractivity contribution in [3.05, 3.63) is 63.9 Å². The van der Waals surface area contributed by atoms with Gasteiger partial charge < -0.3 is 41.1 Å². The summed E-state index contributed by atoms with van der Waals surface area (Å²) < 4.78 is 6.11. The van der Waals surface area contributed by atoms with E-state index in [4.69, 9.17) is 10.5 Å². The van der Waals surface area contributed by atoms with Crippen LogP contribution in [-0.2, 0) is 27.3 Å². The molecule has 0 saturated heterocycles. The molecule has 5 rings (SSSR count). The third-order valence-corrected chi connectivity index (χ3v) is 9.04. The summed E-state index contributed by atoms with van der Waals surface area (Å²) in [5.74, 6) is -6.22. The van der Waals surface area contributed by atoms with Crippen LogP contribution in [0.3, 0.4) is 0 Å². The number of phenolic OH excluding ortho intramolecular Hbond substituents is 1. The Morgan fingerprint density at radius 3 is 2.35 bits per heavy atom. The number of carbonyl (C=O) groups is 3. The summed E-state index contributed by atoms with van der Waals surface area (Å²) in [5.41, 5.74) is 3.62. The number of carbonyl (C=O) groups excluding carboxylic acids is 3. The molecule has 46 heavy (non-hydrogen) atoms. The van der Waals surface area contributed by atoms with Gasteiger partial charge in [0.1, 0.15) is 34.2 Å². The predicted molar refractivity (Wildman–Crippen MR) is 173 cm³/mol. The van der Waals surface area contributed by atoms with E-state index >= 15 is 0 Å². The van der Waals surface area contributed by atoms with Crippen LogP contribution in [0.2, 0.25) is 0 Å². The number of nitrogens with zero attached hydrogens (tertiary/aromatic N) is 2. The van der Waals surface area contributed by atoms with E-state index in [0.717, 1.165) is 5.56 Å². The number of fused-ring (bicyclic) bond motifs is 3. The molecular formula is C34H42N4O8. The van der Waals surface area contributed by atoms with Gasteiger partial charge in [0.15, 0.2) is 11.4 Å². The van der Waals surface area contributed by atoms with Gasteiger partial charge in [-0.2, -0.15) is 0 Å². The molecule has 7 N–H and O–H groups in total. The standard InChI is InChI=1S/C34H42N4O8/c1-33(2,3)46-22-11-9-8-10-16(22)15-36-20-14-21(37(4)5)18-12-17-13-19-26(38(6)7)29(41)25(32(35)44)31(43)34(19,45)30(42)23(17)28(40)24(18)27(20)39/h8-11,14,17,19,26,36,39-40,43,45H,12-13,15H2,1-7H3,(H2,35,44)/t17-,19-,26+,34-/m0/s1. The van der Waals surface area contributed by atoms with Crippen molar-refractivity contribution in [2.45, 2.75) is 57.4 Å². The molecule has 12 heteroatoms. The molecule has 1 saturated carbocycles. The number of aliphatic hydroxyl groups is 3. The topological polar surface area (TPSA) is 186 Å². The molecule has 0 unspecified atom stereocenters. The molecule has 1 amide bonds. The summed E-state index contributed by atoms with van der Waals surface area (Å²) in [5, 5.41) is 49.5. The number of rotatable bonds is 7. The summed E-state index contributed by atoms with van der Waals surface area (Å²) in [6.45, 7) is 6.10. The van der Waals surface area contributed by atoms with Crippen LogP contribution >= 0.6 is 0 Å². The van der Waals surface area contributed by atoms with E-state index in [1.165, 1.54) is 4.90 Å². The van der Waals surface area contributed by atoms with Gasteiger partial charge in [-0.05, 0) is 71.3 Å². The second kappa shape index (κ2) is 11.4. The van der Waals surface area contributed by atoms with E-state index in [9.17, 15) is 34.8 Å². The van der Waals surface area contributed by atoms with Crippen molar-refractivity contribution in [3.8, 4) is 11.5 Å². The molecule has 1 fully saturated rings. The van der Waals surface area contributed by atoms with Crippen LogP contribution < -0.4 is 20.7 Å². The maximum atomic E-state index is 14.2. The van der Waals surface area contributed by atoms with E-state index in [1.54, 1.807) is 20.2 Å². The van der Waals surface area contributed by atoms with E-state index in [1.807, 2.05) is 64.0 Å². The molecule has 0 heterocycles. The lowest BCUT2D eigenvalue weighted by Crippen LogP contribution is -2.65. The van der Waals surface area contributed by atoms with Gasteiger partial charge in [-0.25, -0.2) is 0 Å². The normalized spacial score (nSPS) is 24.4. The SMILES string of the molecule is CN(C)c1cc(NCc2ccccc2OC(C)(C)C)c(O)c2c1C[C@H]1C[C@H]3[C@@H](N(C)C)C(=O)C(C(N)=O)=C(O)[C@@]3(O)C(=O)C1=C2O. The highest BCUT2D eigenvalue weighted by Crippen LogP contribution is 2.54. The number of hydrogen-bond donors (Lipinski definition) is 6. The first kappa shape index (κ1) is 32.8. The third-order valence-electron chi connectivity index (χ3n) is 9.04. The number of likely N-dealkylation sites (N-methyl/N-ethyl adjacent to an activating group) is 1. The maximum absolute atomic E-state index is 14.2. The van der Waals surface area contributed by atoms with Gasteiger partial charge in [0.2, 0.25) is 5.78 Å². The maximum Gasteiger partial charge on any atom is 0.255 e. The Kier molecular flexibility index (Phi) is 8.11. The first-order chi connectivity index (χ1) is 21.4. The van der Waals surface area contributed by atoms with E-state index in [2.05, 4.69) is 5.32 Å². The second-order valence-electron chi connectivity index (χ2n) is 13.7. The van der Waals surface area contributed by atoms with Crippen LogP contribution in [0.25, 0.3) is 5.76 Å². The lowest BCUT2D eigenvalue weighted by Gasteiger charge is -2.50. The van der Waals surface area contributed by atoms with Gasteiger partial charge in [-0.3, -0.25) is 19.3 Å². The Labute approximate surface area is 267 Å². The van der Waals surface area contributed by atoms with Gasteiger partial charge in [0, 0.05) is 43.4 Å². The first-order valence-corrected chi connectivity index (χ1v) is 15.1. The number of anilines is 2.